The Balaban J connectivity index is 1.12. The average molecular weight is 637 g/mol. The van der Waals surface area contributed by atoms with Crippen LogP contribution in [0.2, 0.25) is 0 Å². The number of likely N-dealkylation sites (tertiary alicyclic amines) is 2. The predicted octanol–water partition coefficient (Wildman–Crippen LogP) is 5.34. The number of hydrogen-bond acceptors (Lipinski definition) is 7. The second kappa shape index (κ2) is 12.3. The number of hydrogen-bond donors (Lipinski definition) is 2. The highest BCUT2D eigenvalue weighted by Gasteiger charge is 2.44. The summed E-state index contributed by atoms with van der Waals surface area (Å²) in [5.41, 5.74) is 10.1. The lowest BCUT2D eigenvalue weighted by Crippen LogP contribution is -2.62. The standard InChI is InChI=1S/C37H48N8O2/c1-8-45(31-18-36(2,3)43(7)37(4,5)19-31)30-12-11-24-15-26(10-9-25(24)16-30)35(47)44-14-13-29(23-44)41-34(46)32-17-27(20-39-33(32)38)28-21-40-42(6)22-28/h9-12,15-17,20-22,29,31H,8,13-14,18-19,23H2,1-7H3,(H2,38,39)(H,41,46)/t29-/m1/s1. The molecule has 10 heteroatoms. The number of anilines is 2. The lowest BCUT2D eigenvalue weighted by molar-refractivity contribution is -0.0125. The second-order valence-electron chi connectivity index (χ2n) is 14.5. The monoisotopic (exact) mass is 636 g/mol. The van der Waals surface area contributed by atoms with E-state index >= 15 is 0 Å². The molecule has 2 aliphatic heterocycles. The number of amides is 2. The lowest BCUT2D eigenvalue weighted by atomic mass is 9.77. The highest BCUT2D eigenvalue weighted by atomic mass is 16.2. The van der Waals surface area contributed by atoms with Crippen molar-refractivity contribution in [3.63, 3.8) is 0 Å². The molecule has 248 valence electrons. The molecule has 3 N–H and O–H groups in total. The van der Waals surface area contributed by atoms with E-state index in [1.54, 1.807) is 23.1 Å². The summed E-state index contributed by atoms with van der Waals surface area (Å²) in [4.78, 5) is 37.9. The van der Waals surface area contributed by atoms with Gasteiger partial charge < -0.3 is 20.9 Å². The van der Waals surface area contributed by atoms with Crippen molar-refractivity contribution in [1.82, 2.24) is 29.9 Å². The number of nitrogens with zero attached hydrogens (tertiary/aromatic N) is 6. The van der Waals surface area contributed by atoms with Gasteiger partial charge >= 0.3 is 0 Å². The number of nitrogen functional groups attached to an aromatic ring is 1. The van der Waals surface area contributed by atoms with E-state index in [1.807, 2.05) is 30.3 Å². The zero-order valence-electron chi connectivity index (χ0n) is 28.7. The van der Waals surface area contributed by atoms with Crippen LogP contribution < -0.4 is 16.0 Å². The third-order valence-electron chi connectivity index (χ3n) is 10.5. The lowest BCUT2D eigenvalue weighted by Gasteiger charge is -2.56. The number of nitrogens with two attached hydrogens (primary N) is 1. The van der Waals surface area contributed by atoms with Gasteiger partial charge in [-0.25, -0.2) is 4.98 Å². The molecule has 47 heavy (non-hydrogen) atoms. The van der Waals surface area contributed by atoms with Gasteiger partial charge in [-0.1, -0.05) is 12.1 Å². The van der Waals surface area contributed by atoms with Gasteiger partial charge in [-0.15, -0.1) is 0 Å². The van der Waals surface area contributed by atoms with Crippen molar-refractivity contribution in [3.05, 3.63) is 72.2 Å². The summed E-state index contributed by atoms with van der Waals surface area (Å²) in [6, 6.07) is 14.6. The van der Waals surface area contributed by atoms with E-state index in [-0.39, 0.29) is 34.8 Å². The molecule has 0 saturated carbocycles. The van der Waals surface area contributed by atoms with Crippen molar-refractivity contribution in [2.75, 3.05) is 37.3 Å². The largest absolute Gasteiger partial charge is 0.383 e. The van der Waals surface area contributed by atoms with Crippen LogP contribution >= 0.6 is 0 Å². The van der Waals surface area contributed by atoms with E-state index in [9.17, 15) is 9.59 Å². The maximum Gasteiger partial charge on any atom is 0.255 e. The maximum absolute atomic E-state index is 13.6. The highest BCUT2D eigenvalue weighted by Crippen LogP contribution is 2.40. The Morgan fingerprint density at radius 2 is 1.68 bits per heavy atom. The van der Waals surface area contributed by atoms with Crippen molar-refractivity contribution < 1.29 is 9.59 Å². The maximum atomic E-state index is 13.6. The molecule has 6 rings (SSSR count). The van der Waals surface area contributed by atoms with Crippen LogP contribution in [0.1, 0.15) is 74.6 Å². The molecule has 4 aromatic rings. The first-order valence-electron chi connectivity index (χ1n) is 16.6. The van der Waals surface area contributed by atoms with Crippen molar-refractivity contribution in [3.8, 4) is 11.1 Å². The minimum absolute atomic E-state index is 0.0292. The van der Waals surface area contributed by atoms with E-state index < -0.39 is 0 Å². The highest BCUT2D eigenvalue weighted by molar-refractivity contribution is 6.01. The number of nitrogens with one attached hydrogen (secondary N) is 1. The first-order valence-corrected chi connectivity index (χ1v) is 16.6. The minimum Gasteiger partial charge on any atom is -0.383 e. The summed E-state index contributed by atoms with van der Waals surface area (Å²) < 4.78 is 1.69. The fraction of sp³-hybridized carbons (Fsp3) is 0.459. The van der Waals surface area contributed by atoms with E-state index in [4.69, 9.17) is 5.73 Å². The molecule has 0 radical (unpaired) electrons. The van der Waals surface area contributed by atoms with Crippen molar-refractivity contribution in [2.45, 2.75) is 77.0 Å². The second-order valence-corrected chi connectivity index (χ2v) is 14.5. The SMILES string of the molecule is CCN(c1ccc2cc(C(=O)N3CC[C@@H](NC(=O)c4cc(-c5cnn(C)c5)cnc4N)C3)ccc2c1)C1CC(C)(C)N(C)C(C)(C)C1. The molecular weight excluding hydrogens is 588 g/mol. The van der Waals surface area contributed by atoms with Gasteiger partial charge in [0.25, 0.3) is 11.8 Å². The summed E-state index contributed by atoms with van der Waals surface area (Å²) in [5.74, 6) is -0.157. The quantitative estimate of drug-likeness (QED) is 0.282. The molecule has 2 amide bonds. The fourth-order valence-electron chi connectivity index (χ4n) is 7.63. The number of carbonyl (C=O) groups excluding carboxylic acids is 2. The Hall–Kier alpha value is -4.44. The summed E-state index contributed by atoms with van der Waals surface area (Å²) in [5, 5.41) is 9.43. The Labute approximate surface area is 277 Å². The molecule has 2 saturated heterocycles. The van der Waals surface area contributed by atoms with Crippen molar-refractivity contribution in [1.29, 1.82) is 0 Å². The van der Waals surface area contributed by atoms with Crippen LogP contribution in [0.4, 0.5) is 11.5 Å². The van der Waals surface area contributed by atoms with Gasteiger partial charge in [-0.05, 0) is 102 Å². The topological polar surface area (TPSA) is 113 Å². The van der Waals surface area contributed by atoms with Crippen LogP contribution in [0.15, 0.2) is 61.1 Å². The molecule has 0 spiro atoms. The number of carbonyl (C=O) groups is 2. The number of aromatic nitrogens is 3. The van der Waals surface area contributed by atoms with Crippen LogP contribution in [0.5, 0.6) is 0 Å². The molecular formula is C37H48N8O2. The Morgan fingerprint density at radius 1 is 0.979 bits per heavy atom. The summed E-state index contributed by atoms with van der Waals surface area (Å²) in [7, 11) is 4.08. The smallest absolute Gasteiger partial charge is 0.255 e. The van der Waals surface area contributed by atoms with Crippen LogP contribution in [0.3, 0.4) is 0 Å². The fourth-order valence-corrected chi connectivity index (χ4v) is 7.63. The molecule has 2 fully saturated rings. The van der Waals surface area contributed by atoms with Gasteiger partial charge in [0.15, 0.2) is 0 Å². The summed E-state index contributed by atoms with van der Waals surface area (Å²) >= 11 is 0. The Kier molecular flexibility index (Phi) is 8.50. The van der Waals surface area contributed by atoms with Crippen LogP contribution in [0.25, 0.3) is 21.9 Å². The van der Waals surface area contributed by atoms with Crippen molar-refractivity contribution >= 4 is 34.1 Å². The van der Waals surface area contributed by atoms with E-state index in [2.05, 4.69) is 91.1 Å². The van der Waals surface area contributed by atoms with Gasteiger partial charge in [0, 0.05) is 84.6 Å². The zero-order valence-corrected chi connectivity index (χ0v) is 28.7. The third-order valence-corrected chi connectivity index (χ3v) is 10.5. The van der Waals surface area contributed by atoms with Gasteiger partial charge in [0.05, 0.1) is 11.8 Å². The zero-order chi connectivity index (χ0) is 33.7. The molecule has 0 bridgehead atoms. The molecule has 2 aliphatic rings. The number of fused-ring (bicyclic) bond motifs is 1. The molecule has 4 heterocycles. The van der Waals surface area contributed by atoms with Crippen LogP contribution in [-0.4, -0.2) is 86.2 Å². The number of benzene rings is 2. The third kappa shape index (κ3) is 6.43. The Bertz CT molecular complexity index is 1790. The van der Waals surface area contributed by atoms with Gasteiger partial charge in [0.1, 0.15) is 5.82 Å². The van der Waals surface area contributed by atoms with E-state index in [0.29, 0.717) is 36.7 Å². The first kappa shape index (κ1) is 32.5. The van der Waals surface area contributed by atoms with Crippen molar-refractivity contribution in [2.24, 2.45) is 7.05 Å². The average Bonchev–Trinajstić information content (AvgIpc) is 3.68. The number of piperidine rings is 1. The number of aryl methyl sites for hydroxylation is 1. The van der Waals surface area contributed by atoms with E-state index in [1.165, 1.54) is 5.69 Å². The molecule has 1 atom stereocenters. The van der Waals surface area contributed by atoms with Gasteiger partial charge in [-0.2, -0.15) is 5.10 Å². The molecule has 2 aromatic heterocycles. The van der Waals surface area contributed by atoms with Crippen LogP contribution in [-0.2, 0) is 7.05 Å². The summed E-state index contributed by atoms with van der Waals surface area (Å²) in [6.45, 7) is 13.6. The molecule has 2 aromatic carbocycles. The predicted molar refractivity (Wildman–Crippen MR) is 189 cm³/mol. The number of rotatable bonds is 7. The van der Waals surface area contributed by atoms with Gasteiger partial charge in [-0.3, -0.25) is 19.2 Å². The molecule has 0 unspecified atom stereocenters. The van der Waals surface area contributed by atoms with Gasteiger partial charge in [0.2, 0.25) is 0 Å². The normalized spacial score (nSPS) is 19.6. The van der Waals surface area contributed by atoms with E-state index in [0.717, 1.165) is 41.3 Å². The summed E-state index contributed by atoms with van der Waals surface area (Å²) in [6.07, 6.45) is 8.09. The molecule has 0 aliphatic carbocycles. The first-order chi connectivity index (χ1) is 22.3. The Morgan fingerprint density at radius 3 is 2.36 bits per heavy atom. The molecule has 10 nitrogen and oxygen atoms in total. The minimum atomic E-state index is -0.296. The van der Waals surface area contributed by atoms with Crippen LogP contribution in [0, 0.1) is 0 Å². The number of pyridine rings is 1.